The Labute approximate surface area is 104 Å². The van der Waals surface area contributed by atoms with E-state index in [4.69, 9.17) is 5.73 Å². The van der Waals surface area contributed by atoms with Crippen LogP contribution in [-0.2, 0) is 4.79 Å². The molecule has 3 heteroatoms. The third-order valence-electron chi connectivity index (χ3n) is 4.14. The number of rotatable bonds is 2. The number of nitrogens with two attached hydrogens (primary N) is 1. The van der Waals surface area contributed by atoms with Gasteiger partial charge in [0.2, 0.25) is 5.91 Å². The van der Waals surface area contributed by atoms with E-state index in [-0.39, 0.29) is 17.9 Å². The van der Waals surface area contributed by atoms with Gasteiger partial charge < -0.3 is 11.1 Å². The van der Waals surface area contributed by atoms with Crippen molar-refractivity contribution in [1.29, 1.82) is 0 Å². The van der Waals surface area contributed by atoms with Gasteiger partial charge in [-0.1, -0.05) is 38.3 Å². The Morgan fingerprint density at radius 3 is 2.71 bits per heavy atom. The van der Waals surface area contributed by atoms with Gasteiger partial charge in [-0.15, -0.1) is 0 Å². The van der Waals surface area contributed by atoms with E-state index in [2.05, 4.69) is 12.2 Å². The second-order valence-electron chi connectivity index (χ2n) is 5.62. The largest absolute Gasteiger partial charge is 0.353 e. The Hall–Kier alpha value is -0.830. The highest BCUT2D eigenvalue weighted by atomic mass is 16.1. The number of hydrogen-bond donors (Lipinski definition) is 2. The summed E-state index contributed by atoms with van der Waals surface area (Å²) in [6.07, 6.45) is 10.9. The number of carbonyl (C=O) groups is 1. The van der Waals surface area contributed by atoms with Crippen LogP contribution in [0.2, 0.25) is 0 Å². The van der Waals surface area contributed by atoms with Crippen LogP contribution in [0.5, 0.6) is 0 Å². The molecule has 0 saturated heterocycles. The van der Waals surface area contributed by atoms with Gasteiger partial charge in [0.05, 0.1) is 5.92 Å². The van der Waals surface area contributed by atoms with E-state index < -0.39 is 0 Å². The van der Waals surface area contributed by atoms with Gasteiger partial charge >= 0.3 is 0 Å². The van der Waals surface area contributed by atoms with Gasteiger partial charge in [0.25, 0.3) is 0 Å². The maximum atomic E-state index is 12.1. The van der Waals surface area contributed by atoms with E-state index in [0.29, 0.717) is 12.0 Å². The fourth-order valence-electron chi connectivity index (χ4n) is 2.92. The maximum absolute atomic E-state index is 12.1. The van der Waals surface area contributed by atoms with Gasteiger partial charge in [0.15, 0.2) is 0 Å². The highest BCUT2D eigenvalue weighted by Gasteiger charge is 2.27. The fourth-order valence-corrected chi connectivity index (χ4v) is 2.92. The summed E-state index contributed by atoms with van der Waals surface area (Å²) < 4.78 is 0. The highest BCUT2D eigenvalue weighted by molar-refractivity contribution is 5.81. The molecule has 0 spiro atoms. The van der Waals surface area contributed by atoms with E-state index >= 15 is 0 Å². The molecule has 3 nitrogen and oxygen atoms in total. The summed E-state index contributed by atoms with van der Waals surface area (Å²) in [6.45, 7) is 2.26. The number of nitrogens with one attached hydrogen (secondary N) is 1. The maximum Gasteiger partial charge on any atom is 0.227 e. The van der Waals surface area contributed by atoms with Crippen molar-refractivity contribution >= 4 is 5.91 Å². The molecule has 3 N–H and O–H groups in total. The zero-order valence-electron chi connectivity index (χ0n) is 10.7. The van der Waals surface area contributed by atoms with Crippen LogP contribution >= 0.6 is 0 Å². The van der Waals surface area contributed by atoms with Gasteiger partial charge in [-0.2, -0.15) is 0 Å². The molecular formula is C14H24N2O. The second-order valence-corrected chi connectivity index (χ2v) is 5.62. The van der Waals surface area contributed by atoms with Gasteiger partial charge in [-0.25, -0.2) is 0 Å². The molecule has 96 valence electrons. The molecule has 0 bridgehead atoms. The molecule has 0 aromatic heterocycles. The van der Waals surface area contributed by atoms with Crippen LogP contribution in [0.25, 0.3) is 0 Å². The lowest BCUT2D eigenvalue weighted by Gasteiger charge is -2.24. The first-order chi connectivity index (χ1) is 8.16. The predicted octanol–water partition coefficient (Wildman–Crippen LogP) is 1.97. The zero-order valence-corrected chi connectivity index (χ0v) is 10.7. The molecule has 0 aliphatic heterocycles. The molecule has 4 unspecified atom stereocenters. The van der Waals surface area contributed by atoms with Gasteiger partial charge in [0.1, 0.15) is 0 Å². The standard InChI is InChI=1S/C14H24N2O/c1-10-5-3-2-4-6-13(10)16-14(17)11-7-8-12(15)9-11/h7-8,10-13H,2-6,9,15H2,1H3,(H,16,17). The van der Waals surface area contributed by atoms with Crippen LogP contribution in [0.4, 0.5) is 0 Å². The Morgan fingerprint density at radius 1 is 1.24 bits per heavy atom. The van der Waals surface area contributed by atoms with Gasteiger partial charge in [0, 0.05) is 12.1 Å². The number of carbonyl (C=O) groups excluding carboxylic acids is 1. The van der Waals surface area contributed by atoms with Crippen LogP contribution in [0.1, 0.15) is 45.4 Å². The van der Waals surface area contributed by atoms with Crippen LogP contribution < -0.4 is 11.1 Å². The van der Waals surface area contributed by atoms with Gasteiger partial charge in [-0.05, 0) is 25.2 Å². The average Bonchev–Trinajstić information content (AvgIpc) is 2.63. The van der Waals surface area contributed by atoms with Crippen molar-refractivity contribution < 1.29 is 4.79 Å². The van der Waals surface area contributed by atoms with Crippen LogP contribution in [-0.4, -0.2) is 18.0 Å². The summed E-state index contributed by atoms with van der Waals surface area (Å²) in [5.41, 5.74) is 5.78. The quantitative estimate of drug-likeness (QED) is 0.569. The first-order valence-electron chi connectivity index (χ1n) is 6.91. The summed E-state index contributed by atoms with van der Waals surface area (Å²) in [6, 6.07) is 0.438. The van der Waals surface area contributed by atoms with E-state index in [0.717, 1.165) is 12.8 Å². The summed E-state index contributed by atoms with van der Waals surface area (Å²) in [5, 5.41) is 3.23. The van der Waals surface area contributed by atoms with Gasteiger partial charge in [-0.3, -0.25) is 4.79 Å². The lowest BCUT2D eigenvalue weighted by atomic mass is 9.96. The van der Waals surface area contributed by atoms with Crippen LogP contribution in [0.15, 0.2) is 12.2 Å². The Morgan fingerprint density at radius 2 is 2.00 bits per heavy atom. The minimum Gasteiger partial charge on any atom is -0.353 e. The third-order valence-corrected chi connectivity index (χ3v) is 4.14. The topological polar surface area (TPSA) is 55.1 Å². The monoisotopic (exact) mass is 236 g/mol. The minimum absolute atomic E-state index is 0.000420. The lowest BCUT2D eigenvalue weighted by molar-refractivity contribution is -0.124. The third kappa shape index (κ3) is 3.32. The molecule has 0 aromatic carbocycles. The molecule has 2 aliphatic carbocycles. The summed E-state index contributed by atoms with van der Waals surface area (Å²) in [4.78, 5) is 12.1. The van der Waals surface area contributed by atoms with E-state index in [1.807, 2.05) is 12.2 Å². The van der Waals surface area contributed by atoms with Crippen molar-refractivity contribution in [2.24, 2.45) is 17.6 Å². The molecule has 0 aromatic rings. The lowest BCUT2D eigenvalue weighted by Crippen LogP contribution is -2.41. The van der Waals surface area contributed by atoms with Crippen molar-refractivity contribution in [3.63, 3.8) is 0 Å². The molecule has 1 saturated carbocycles. The normalized spacial score (nSPS) is 37.8. The number of hydrogen-bond acceptors (Lipinski definition) is 2. The van der Waals surface area contributed by atoms with Crippen molar-refractivity contribution in [2.75, 3.05) is 0 Å². The molecule has 0 heterocycles. The summed E-state index contributed by atoms with van der Waals surface area (Å²) >= 11 is 0. The fraction of sp³-hybridized carbons (Fsp3) is 0.786. The summed E-state index contributed by atoms with van der Waals surface area (Å²) in [7, 11) is 0. The first kappa shape index (κ1) is 12.6. The van der Waals surface area contributed by atoms with E-state index in [1.165, 1.54) is 25.7 Å². The molecule has 0 radical (unpaired) electrons. The Balaban J connectivity index is 1.86. The SMILES string of the molecule is CC1CCCCCC1NC(=O)C1C=CC(N)C1. The molecule has 2 aliphatic rings. The van der Waals surface area contributed by atoms with Crippen LogP contribution in [0, 0.1) is 11.8 Å². The Bertz CT molecular complexity index is 301. The van der Waals surface area contributed by atoms with Crippen molar-refractivity contribution in [2.45, 2.75) is 57.5 Å². The average molecular weight is 236 g/mol. The van der Waals surface area contributed by atoms with Crippen LogP contribution in [0.3, 0.4) is 0 Å². The smallest absolute Gasteiger partial charge is 0.227 e. The van der Waals surface area contributed by atoms with E-state index in [9.17, 15) is 4.79 Å². The molecule has 4 atom stereocenters. The van der Waals surface area contributed by atoms with Crippen molar-refractivity contribution in [1.82, 2.24) is 5.32 Å². The molecule has 1 fully saturated rings. The van der Waals surface area contributed by atoms with Crippen molar-refractivity contribution in [3.8, 4) is 0 Å². The predicted molar refractivity (Wildman–Crippen MR) is 69.4 cm³/mol. The van der Waals surface area contributed by atoms with E-state index in [1.54, 1.807) is 0 Å². The minimum atomic E-state index is 0.000420. The highest BCUT2D eigenvalue weighted by Crippen LogP contribution is 2.24. The molecular weight excluding hydrogens is 212 g/mol. The van der Waals surface area contributed by atoms with Crippen molar-refractivity contribution in [3.05, 3.63) is 12.2 Å². The Kier molecular flexibility index (Phi) is 4.21. The first-order valence-corrected chi connectivity index (χ1v) is 6.91. The zero-order chi connectivity index (χ0) is 12.3. The molecule has 2 rings (SSSR count). The molecule has 17 heavy (non-hydrogen) atoms. The second kappa shape index (κ2) is 5.67. The molecule has 1 amide bonds. The summed E-state index contributed by atoms with van der Waals surface area (Å²) in [5.74, 6) is 0.786. The number of amides is 1.